The van der Waals surface area contributed by atoms with Gasteiger partial charge in [-0.1, -0.05) is 36.4 Å². The van der Waals surface area contributed by atoms with Crippen molar-refractivity contribution in [2.75, 3.05) is 60.3 Å². The normalized spacial score (nSPS) is 21.9. The number of rotatable bonds is 19. The lowest BCUT2D eigenvalue weighted by atomic mass is 9.85. The molecule has 2 aliphatic heterocycles. The van der Waals surface area contributed by atoms with Gasteiger partial charge in [0.1, 0.15) is 30.5 Å². The minimum Gasteiger partial charge on any atom is -0.493 e. The molecular formula is C53H68F6N4O9S2. The zero-order valence-electron chi connectivity index (χ0n) is 41.8. The quantitative estimate of drug-likeness (QED) is 0.0866. The molecular weight excluding hydrogens is 1010 g/mol. The van der Waals surface area contributed by atoms with E-state index in [1.54, 1.807) is 24.3 Å². The molecule has 0 aromatic heterocycles. The van der Waals surface area contributed by atoms with Gasteiger partial charge in [-0.3, -0.25) is 0 Å². The first-order valence-corrected chi connectivity index (χ1v) is 28.3. The van der Waals surface area contributed by atoms with E-state index in [0.29, 0.717) is 42.3 Å². The number of methoxy groups -OCH3 is 2. The van der Waals surface area contributed by atoms with E-state index in [-0.39, 0.29) is 45.9 Å². The Hall–Kier alpha value is -4.80. The molecule has 0 unspecified atom stereocenters. The fourth-order valence-electron chi connectivity index (χ4n) is 10.8. The van der Waals surface area contributed by atoms with Gasteiger partial charge < -0.3 is 33.5 Å². The number of nitrogens with zero attached hydrogens (tertiary/aromatic N) is 2. The van der Waals surface area contributed by atoms with E-state index < -0.39 is 46.1 Å². The number of alkyl halides is 6. The summed E-state index contributed by atoms with van der Waals surface area (Å²) in [6, 6.07) is 24.9. The smallest absolute Gasteiger partial charge is 0.422 e. The summed E-state index contributed by atoms with van der Waals surface area (Å²) < 4.78 is 158. The average Bonchev–Trinajstić information content (AvgIpc) is 3.40. The Balaban J connectivity index is 0.000000217. The Morgan fingerprint density at radius 1 is 0.568 bits per heavy atom. The molecule has 13 nitrogen and oxygen atoms in total. The van der Waals surface area contributed by atoms with Crippen LogP contribution >= 0.6 is 0 Å². The van der Waals surface area contributed by atoms with Gasteiger partial charge in [0.15, 0.2) is 18.1 Å². The predicted octanol–water partition coefficient (Wildman–Crippen LogP) is 10.2. The first kappa shape index (κ1) is 56.9. The van der Waals surface area contributed by atoms with Crippen LogP contribution < -0.4 is 33.1 Å². The number of halogens is 6. The summed E-state index contributed by atoms with van der Waals surface area (Å²) in [7, 11) is -4.42. The van der Waals surface area contributed by atoms with Crippen molar-refractivity contribution >= 4 is 20.0 Å². The highest BCUT2D eigenvalue weighted by Gasteiger charge is 2.35. The van der Waals surface area contributed by atoms with Crippen LogP contribution in [0.5, 0.6) is 28.7 Å². The zero-order chi connectivity index (χ0) is 52.9. The van der Waals surface area contributed by atoms with Gasteiger partial charge >= 0.3 is 12.8 Å². The molecule has 21 heteroatoms. The zero-order valence-corrected chi connectivity index (χ0v) is 43.4. The third kappa shape index (κ3) is 15.9. The third-order valence-corrected chi connectivity index (χ3v) is 17.7. The molecule has 2 aliphatic carbocycles. The van der Waals surface area contributed by atoms with Crippen molar-refractivity contribution in [2.24, 2.45) is 0 Å². The molecule has 4 aliphatic rings. The van der Waals surface area contributed by atoms with E-state index in [1.165, 1.54) is 50.1 Å². The van der Waals surface area contributed by atoms with Gasteiger partial charge in [-0.15, -0.1) is 0 Å². The topological polar surface area (TPSA) is 145 Å². The van der Waals surface area contributed by atoms with E-state index in [9.17, 15) is 43.2 Å². The number of nitrogens with one attached hydrogen (secondary N) is 2. The van der Waals surface area contributed by atoms with E-state index in [1.807, 2.05) is 30.3 Å². The SMILES string of the molecule is COc1ccc(S(=O)(=O)NC2CCC(N3CCC(c4ccccc4OCCF)CC3)CC2)cc1OC.O=S(=O)(NC1CCC(N2CCC(c3ccccc3OCC(F)(F)F)CC2)CC1)c1ccc(OC(F)F)cc1. The van der Waals surface area contributed by atoms with Crippen LogP contribution in [0.2, 0.25) is 0 Å². The van der Waals surface area contributed by atoms with Gasteiger partial charge in [0.2, 0.25) is 20.0 Å². The number of piperidine rings is 2. The molecule has 0 amide bonds. The number of para-hydroxylation sites is 2. The average molecular weight is 1080 g/mol. The lowest BCUT2D eigenvalue weighted by molar-refractivity contribution is -0.153. The van der Waals surface area contributed by atoms with Crippen molar-refractivity contribution in [1.29, 1.82) is 0 Å². The Labute approximate surface area is 431 Å². The molecule has 0 atom stereocenters. The molecule has 0 spiro atoms. The van der Waals surface area contributed by atoms with Crippen molar-refractivity contribution < 1.29 is 66.9 Å². The monoisotopic (exact) mass is 1080 g/mol. The van der Waals surface area contributed by atoms with Crippen LogP contribution in [-0.4, -0.2) is 124 Å². The van der Waals surface area contributed by atoms with Crippen LogP contribution in [0.3, 0.4) is 0 Å². The molecule has 4 fully saturated rings. The summed E-state index contributed by atoms with van der Waals surface area (Å²) >= 11 is 0. The van der Waals surface area contributed by atoms with Gasteiger partial charge in [-0.25, -0.2) is 30.7 Å². The molecule has 74 heavy (non-hydrogen) atoms. The van der Waals surface area contributed by atoms with Gasteiger partial charge in [-0.05, 0) is 175 Å². The summed E-state index contributed by atoms with van der Waals surface area (Å²) in [4.78, 5) is 5.12. The van der Waals surface area contributed by atoms with Crippen molar-refractivity contribution in [3.63, 3.8) is 0 Å². The highest BCUT2D eigenvalue weighted by molar-refractivity contribution is 7.89. The Morgan fingerprint density at radius 2 is 1.01 bits per heavy atom. The first-order valence-electron chi connectivity index (χ1n) is 25.3. The maximum atomic E-state index is 13.0. The number of hydrogen-bond donors (Lipinski definition) is 2. The van der Waals surface area contributed by atoms with Crippen molar-refractivity contribution in [1.82, 2.24) is 19.2 Å². The van der Waals surface area contributed by atoms with Crippen LogP contribution in [-0.2, 0) is 20.0 Å². The van der Waals surface area contributed by atoms with Crippen LogP contribution in [0.25, 0.3) is 0 Å². The maximum Gasteiger partial charge on any atom is 0.422 e. The van der Waals surface area contributed by atoms with Gasteiger partial charge in [0, 0.05) is 30.2 Å². The van der Waals surface area contributed by atoms with E-state index in [0.717, 1.165) is 102 Å². The summed E-state index contributed by atoms with van der Waals surface area (Å²) in [6.07, 6.45) is 5.88. The third-order valence-electron chi connectivity index (χ3n) is 14.6. The summed E-state index contributed by atoms with van der Waals surface area (Å²) in [5.74, 6) is 2.40. The van der Waals surface area contributed by atoms with Crippen molar-refractivity contribution in [3.05, 3.63) is 102 Å². The van der Waals surface area contributed by atoms with Gasteiger partial charge in [0.05, 0.1) is 24.0 Å². The van der Waals surface area contributed by atoms with Crippen LogP contribution in [0.4, 0.5) is 26.3 Å². The molecule has 2 saturated carbocycles. The number of likely N-dealkylation sites (tertiary alicyclic amines) is 2. The Bertz CT molecular complexity index is 2600. The predicted molar refractivity (Wildman–Crippen MR) is 268 cm³/mol. The molecule has 0 bridgehead atoms. The summed E-state index contributed by atoms with van der Waals surface area (Å²) in [5, 5.41) is 0. The van der Waals surface area contributed by atoms with Crippen LogP contribution in [0.15, 0.2) is 101 Å². The van der Waals surface area contributed by atoms with E-state index in [4.69, 9.17) is 18.9 Å². The molecule has 2 saturated heterocycles. The first-order chi connectivity index (χ1) is 35.4. The van der Waals surface area contributed by atoms with Crippen molar-refractivity contribution in [3.8, 4) is 28.7 Å². The number of hydrogen-bond acceptors (Lipinski definition) is 11. The molecule has 4 aromatic carbocycles. The Kier molecular flexibility index (Phi) is 20.2. The highest BCUT2D eigenvalue weighted by Crippen LogP contribution is 2.39. The molecule has 2 N–H and O–H groups in total. The second-order valence-corrected chi connectivity index (χ2v) is 22.7. The molecule has 2 heterocycles. The van der Waals surface area contributed by atoms with E-state index >= 15 is 0 Å². The Morgan fingerprint density at radius 3 is 1.46 bits per heavy atom. The highest BCUT2D eigenvalue weighted by atomic mass is 32.2. The lowest BCUT2D eigenvalue weighted by Crippen LogP contribution is -2.46. The van der Waals surface area contributed by atoms with Crippen LogP contribution in [0.1, 0.15) is 100 Å². The lowest BCUT2D eigenvalue weighted by Gasteiger charge is -2.41. The molecule has 408 valence electrons. The standard InChI is InChI=1S/C27H37FN2O5S.C26H31F5N2O4S/c1-33-26-12-11-23(19-27(26)34-2)36(31,32)29-21-7-9-22(10-8-21)30-16-13-20(14-17-30)24-5-3-4-6-25(24)35-18-15-28;27-25(28)37-21-9-11-22(12-10-21)38(34,35)32-19-5-7-20(8-6-19)33-15-13-18(14-16-33)23-3-1-2-4-24(23)36-17-26(29,30)31/h3-6,11-12,19-22,29H,7-10,13-18H2,1-2H3;1-4,9-12,18-20,25,32H,5-8,13-17H2. The maximum absolute atomic E-state index is 13.0. The molecule has 4 aromatic rings. The summed E-state index contributed by atoms with van der Waals surface area (Å²) in [6.45, 7) is -1.05. The number of sulfonamides is 2. The van der Waals surface area contributed by atoms with Crippen molar-refractivity contribution in [2.45, 2.75) is 136 Å². The number of benzene rings is 4. The van der Waals surface area contributed by atoms with Gasteiger partial charge in [-0.2, -0.15) is 22.0 Å². The molecule has 8 rings (SSSR count). The van der Waals surface area contributed by atoms with E-state index in [2.05, 4.69) is 30.0 Å². The fourth-order valence-corrected chi connectivity index (χ4v) is 13.5. The second kappa shape index (κ2) is 26.3. The largest absolute Gasteiger partial charge is 0.493 e. The minimum atomic E-state index is -4.39. The minimum absolute atomic E-state index is 0.0113. The van der Waals surface area contributed by atoms with Crippen LogP contribution in [0, 0.1) is 0 Å². The second-order valence-electron chi connectivity index (χ2n) is 19.3. The molecule has 0 radical (unpaired) electrons. The summed E-state index contributed by atoms with van der Waals surface area (Å²) in [5.41, 5.74) is 1.99. The number of ether oxygens (including phenoxy) is 5. The fraction of sp³-hybridized carbons (Fsp3) is 0.547. The van der Waals surface area contributed by atoms with Gasteiger partial charge in [0.25, 0.3) is 0 Å².